The van der Waals surface area contributed by atoms with Gasteiger partial charge in [0.05, 0.1) is 10.9 Å². The molecule has 2 atom stereocenters. The van der Waals surface area contributed by atoms with Crippen LogP contribution in [0.25, 0.3) is 0 Å². The van der Waals surface area contributed by atoms with Crippen molar-refractivity contribution in [1.29, 1.82) is 0 Å². The largest absolute Gasteiger partial charge is 0.444 e. The van der Waals surface area contributed by atoms with Gasteiger partial charge in [-0.1, -0.05) is 29.8 Å². The fourth-order valence-corrected chi connectivity index (χ4v) is 3.62. The van der Waals surface area contributed by atoms with Gasteiger partial charge in [0, 0.05) is 6.04 Å². The number of hydrogen-bond donors (Lipinski definition) is 2. The molecular formula is C17H24N2O4S. The smallest absolute Gasteiger partial charge is 0.408 e. The minimum atomic E-state index is -3.65. The molecule has 1 aliphatic rings. The molecule has 0 saturated heterocycles. The molecule has 0 aromatic heterocycles. The van der Waals surface area contributed by atoms with Crippen LogP contribution in [0, 0.1) is 6.92 Å². The molecule has 6 nitrogen and oxygen atoms in total. The summed E-state index contributed by atoms with van der Waals surface area (Å²) in [6, 6.07) is 5.74. The van der Waals surface area contributed by atoms with Crippen LogP contribution in [0.1, 0.15) is 32.8 Å². The Labute approximate surface area is 143 Å². The maximum Gasteiger partial charge on any atom is 0.408 e. The van der Waals surface area contributed by atoms with E-state index in [4.69, 9.17) is 4.74 Å². The summed E-state index contributed by atoms with van der Waals surface area (Å²) in [5.41, 5.74) is 0.379. The van der Waals surface area contributed by atoms with Gasteiger partial charge >= 0.3 is 6.09 Å². The summed E-state index contributed by atoms with van der Waals surface area (Å²) in [7, 11) is -3.65. The summed E-state index contributed by atoms with van der Waals surface area (Å²) in [5.74, 6) is 0. The lowest BCUT2D eigenvalue weighted by atomic mass is 10.2. The highest BCUT2D eigenvalue weighted by Gasteiger charge is 2.30. The highest BCUT2D eigenvalue weighted by Crippen LogP contribution is 2.17. The van der Waals surface area contributed by atoms with Gasteiger partial charge in [-0.05, 0) is 46.2 Å². The van der Waals surface area contributed by atoms with Crippen molar-refractivity contribution in [3.63, 3.8) is 0 Å². The van der Waals surface area contributed by atoms with Crippen LogP contribution in [0.2, 0.25) is 0 Å². The van der Waals surface area contributed by atoms with Gasteiger partial charge in [0.2, 0.25) is 10.0 Å². The van der Waals surface area contributed by atoms with Crippen LogP contribution in [-0.4, -0.2) is 32.2 Å². The number of sulfonamides is 1. The third-order valence-electron chi connectivity index (χ3n) is 3.49. The lowest BCUT2D eigenvalue weighted by Gasteiger charge is -2.25. The summed E-state index contributed by atoms with van der Waals surface area (Å²) >= 11 is 0. The fraction of sp³-hybridized carbons (Fsp3) is 0.471. The molecule has 1 aromatic carbocycles. The van der Waals surface area contributed by atoms with Crippen molar-refractivity contribution in [3.05, 3.63) is 42.0 Å². The van der Waals surface area contributed by atoms with E-state index in [-0.39, 0.29) is 4.90 Å². The second kappa shape index (κ2) is 6.94. The first-order chi connectivity index (χ1) is 11.1. The lowest BCUT2D eigenvalue weighted by Crippen LogP contribution is -2.49. The van der Waals surface area contributed by atoms with E-state index >= 15 is 0 Å². The molecule has 7 heteroatoms. The molecule has 1 aliphatic carbocycles. The van der Waals surface area contributed by atoms with E-state index in [0.29, 0.717) is 6.42 Å². The molecule has 0 radical (unpaired) electrons. The topological polar surface area (TPSA) is 84.5 Å². The quantitative estimate of drug-likeness (QED) is 0.816. The molecular weight excluding hydrogens is 328 g/mol. The van der Waals surface area contributed by atoms with E-state index in [1.807, 2.05) is 13.0 Å². The molecule has 1 amide bonds. The number of hydrogen-bond acceptors (Lipinski definition) is 4. The zero-order valence-corrected chi connectivity index (χ0v) is 15.2. The van der Waals surface area contributed by atoms with E-state index < -0.39 is 33.8 Å². The van der Waals surface area contributed by atoms with Crippen LogP contribution in [-0.2, 0) is 14.8 Å². The Morgan fingerprint density at radius 2 is 1.83 bits per heavy atom. The van der Waals surface area contributed by atoms with Crippen molar-refractivity contribution in [3.8, 4) is 0 Å². The second-order valence-electron chi connectivity index (χ2n) is 6.88. The Kier molecular flexibility index (Phi) is 5.35. The third kappa shape index (κ3) is 5.07. The van der Waals surface area contributed by atoms with Gasteiger partial charge in [0.25, 0.3) is 0 Å². The van der Waals surface area contributed by atoms with Crippen molar-refractivity contribution < 1.29 is 17.9 Å². The van der Waals surface area contributed by atoms with E-state index in [9.17, 15) is 13.2 Å². The van der Waals surface area contributed by atoms with Crippen molar-refractivity contribution in [2.24, 2.45) is 0 Å². The molecule has 1 aromatic rings. The van der Waals surface area contributed by atoms with Crippen molar-refractivity contribution >= 4 is 16.1 Å². The molecule has 0 saturated carbocycles. The Morgan fingerprint density at radius 1 is 1.21 bits per heavy atom. The standard InChI is InChI=1S/C17H24N2O4S/c1-12-8-10-13(11-9-12)24(21,22)19-15-7-5-6-14(15)18-16(20)23-17(2,3)4/h5-6,8-11,14-15,19H,7H2,1-4H3,(H,18,20)/t14-,15-/m1/s1. The number of alkyl carbamates (subject to hydrolysis) is 1. The zero-order chi connectivity index (χ0) is 18.0. The number of benzene rings is 1. The van der Waals surface area contributed by atoms with E-state index in [1.54, 1.807) is 51.1 Å². The Balaban J connectivity index is 2.03. The first kappa shape index (κ1) is 18.5. The van der Waals surface area contributed by atoms with Gasteiger partial charge in [-0.15, -0.1) is 0 Å². The predicted molar refractivity (Wildman–Crippen MR) is 92.2 cm³/mol. The predicted octanol–water partition coefficient (Wildman–Crippen LogP) is 2.50. The maximum absolute atomic E-state index is 12.5. The van der Waals surface area contributed by atoms with Gasteiger partial charge in [-0.3, -0.25) is 0 Å². The number of ether oxygens (including phenoxy) is 1. The normalized spacial score (nSPS) is 20.8. The summed E-state index contributed by atoms with van der Waals surface area (Å²) in [4.78, 5) is 12.1. The average Bonchev–Trinajstić information content (AvgIpc) is 2.83. The summed E-state index contributed by atoms with van der Waals surface area (Å²) in [5, 5.41) is 2.69. The van der Waals surface area contributed by atoms with Crippen molar-refractivity contribution in [1.82, 2.24) is 10.0 Å². The maximum atomic E-state index is 12.5. The zero-order valence-electron chi connectivity index (χ0n) is 14.4. The van der Waals surface area contributed by atoms with Crippen molar-refractivity contribution in [2.75, 3.05) is 0 Å². The molecule has 0 unspecified atom stereocenters. The summed E-state index contributed by atoms with van der Waals surface area (Å²) in [6.07, 6.45) is 3.54. The number of amides is 1. The molecule has 132 valence electrons. The van der Waals surface area contributed by atoms with Gasteiger partial charge in [-0.2, -0.15) is 0 Å². The van der Waals surface area contributed by atoms with Crippen LogP contribution >= 0.6 is 0 Å². The number of rotatable bonds is 4. The van der Waals surface area contributed by atoms with Crippen LogP contribution < -0.4 is 10.0 Å². The lowest BCUT2D eigenvalue weighted by molar-refractivity contribution is 0.0509. The highest BCUT2D eigenvalue weighted by atomic mass is 32.2. The molecule has 0 fully saturated rings. The summed E-state index contributed by atoms with van der Waals surface area (Å²) < 4.78 is 32.8. The molecule has 2 rings (SSSR count). The van der Waals surface area contributed by atoms with Crippen LogP contribution in [0.4, 0.5) is 4.79 Å². The first-order valence-electron chi connectivity index (χ1n) is 7.82. The number of carbonyl (C=O) groups excluding carboxylic acids is 1. The second-order valence-corrected chi connectivity index (χ2v) is 8.59. The SMILES string of the molecule is Cc1ccc(S(=O)(=O)N[C@@H]2CC=C[C@H]2NC(=O)OC(C)(C)C)cc1. The minimum absolute atomic E-state index is 0.205. The number of carbonyl (C=O) groups is 1. The van der Waals surface area contributed by atoms with Gasteiger partial charge in [0.1, 0.15) is 5.60 Å². The van der Waals surface area contributed by atoms with Crippen LogP contribution in [0.15, 0.2) is 41.3 Å². The van der Waals surface area contributed by atoms with Crippen LogP contribution in [0.3, 0.4) is 0 Å². The Hall–Kier alpha value is -1.86. The molecule has 0 bridgehead atoms. The molecule has 2 N–H and O–H groups in total. The number of aryl methyl sites for hydroxylation is 1. The molecule has 0 aliphatic heterocycles. The molecule has 0 heterocycles. The van der Waals surface area contributed by atoms with Crippen molar-refractivity contribution in [2.45, 2.75) is 56.7 Å². The minimum Gasteiger partial charge on any atom is -0.444 e. The Morgan fingerprint density at radius 3 is 2.42 bits per heavy atom. The summed E-state index contributed by atoms with van der Waals surface area (Å²) in [6.45, 7) is 7.21. The van der Waals surface area contributed by atoms with Gasteiger partial charge in [-0.25, -0.2) is 17.9 Å². The average molecular weight is 352 g/mol. The monoisotopic (exact) mass is 352 g/mol. The number of nitrogens with one attached hydrogen (secondary N) is 2. The van der Waals surface area contributed by atoms with E-state index in [0.717, 1.165) is 5.56 Å². The molecule has 0 spiro atoms. The first-order valence-corrected chi connectivity index (χ1v) is 9.30. The highest BCUT2D eigenvalue weighted by molar-refractivity contribution is 7.89. The van der Waals surface area contributed by atoms with E-state index in [2.05, 4.69) is 10.0 Å². The third-order valence-corrected chi connectivity index (χ3v) is 4.99. The van der Waals surface area contributed by atoms with Crippen LogP contribution in [0.5, 0.6) is 0 Å². The fourth-order valence-electron chi connectivity index (χ4n) is 2.35. The molecule has 24 heavy (non-hydrogen) atoms. The van der Waals surface area contributed by atoms with E-state index in [1.165, 1.54) is 0 Å². The Bertz CT molecular complexity index is 718. The van der Waals surface area contributed by atoms with Gasteiger partial charge in [0.15, 0.2) is 0 Å². The van der Waals surface area contributed by atoms with Gasteiger partial charge < -0.3 is 10.1 Å².